The zero-order valence-electron chi connectivity index (χ0n) is 8.95. The average Bonchev–Trinajstić information content (AvgIpc) is 2.30. The number of rotatable bonds is 5. The van der Waals surface area contributed by atoms with Crippen LogP contribution in [0.15, 0.2) is 10.5 Å². The fourth-order valence-electron chi connectivity index (χ4n) is 1.40. The maximum absolute atomic E-state index is 10.9. The zero-order valence-corrected chi connectivity index (χ0v) is 10.5. The Bertz CT molecular complexity index is 395. The van der Waals surface area contributed by atoms with Crippen molar-refractivity contribution in [1.29, 1.82) is 0 Å². The van der Waals surface area contributed by atoms with Crippen molar-refractivity contribution in [2.24, 2.45) is 5.90 Å². The van der Waals surface area contributed by atoms with Crippen molar-refractivity contribution in [2.75, 3.05) is 14.2 Å². The summed E-state index contributed by atoms with van der Waals surface area (Å²) in [6.45, 7) is 0.152. The largest absolute Gasteiger partial charge is 0.492 e. The van der Waals surface area contributed by atoms with Gasteiger partial charge in [-0.2, -0.15) is 0 Å². The molecule has 0 spiro atoms. The number of aldehydes is 1. The molecule has 0 unspecified atom stereocenters. The Morgan fingerprint density at radius 3 is 2.44 bits per heavy atom. The lowest BCUT2D eigenvalue weighted by Crippen LogP contribution is -2.05. The van der Waals surface area contributed by atoms with Crippen LogP contribution in [0.5, 0.6) is 11.5 Å². The molecule has 0 fully saturated rings. The Kier molecular flexibility index (Phi) is 4.72. The van der Waals surface area contributed by atoms with Crippen LogP contribution in [-0.2, 0) is 11.4 Å². The van der Waals surface area contributed by atoms with Crippen LogP contribution >= 0.6 is 15.9 Å². The number of hydrogen-bond donors (Lipinski definition) is 1. The molecule has 16 heavy (non-hydrogen) atoms. The molecule has 0 radical (unpaired) electrons. The standard InChI is InChI=1S/C10H12BrNO4/c1-14-9-6(4-13)3-8(11)7(5-16-12)10(9)15-2/h3-4H,5,12H2,1-2H3. The van der Waals surface area contributed by atoms with Gasteiger partial charge in [0.15, 0.2) is 17.8 Å². The molecule has 0 saturated heterocycles. The van der Waals surface area contributed by atoms with Crippen LogP contribution in [0, 0.1) is 0 Å². The number of benzene rings is 1. The second-order valence-electron chi connectivity index (χ2n) is 2.92. The van der Waals surface area contributed by atoms with Gasteiger partial charge in [-0.15, -0.1) is 0 Å². The van der Waals surface area contributed by atoms with Gasteiger partial charge in [-0.05, 0) is 6.07 Å². The van der Waals surface area contributed by atoms with Gasteiger partial charge in [0.25, 0.3) is 0 Å². The van der Waals surface area contributed by atoms with Crippen LogP contribution in [0.25, 0.3) is 0 Å². The smallest absolute Gasteiger partial charge is 0.171 e. The van der Waals surface area contributed by atoms with Crippen molar-refractivity contribution in [3.05, 3.63) is 21.7 Å². The lowest BCUT2D eigenvalue weighted by molar-refractivity contribution is 0.111. The van der Waals surface area contributed by atoms with Crippen molar-refractivity contribution in [2.45, 2.75) is 6.61 Å². The van der Waals surface area contributed by atoms with E-state index in [1.807, 2.05) is 0 Å². The molecule has 0 amide bonds. The molecular formula is C10H12BrNO4. The van der Waals surface area contributed by atoms with Gasteiger partial charge in [0.1, 0.15) is 0 Å². The molecule has 5 nitrogen and oxygen atoms in total. The van der Waals surface area contributed by atoms with Crippen molar-refractivity contribution in [3.8, 4) is 11.5 Å². The Morgan fingerprint density at radius 2 is 2.00 bits per heavy atom. The van der Waals surface area contributed by atoms with E-state index < -0.39 is 0 Å². The Labute approximate surface area is 102 Å². The Hall–Kier alpha value is -1.11. The maximum Gasteiger partial charge on any atom is 0.171 e. The summed E-state index contributed by atoms with van der Waals surface area (Å²) in [7, 11) is 2.95. The van der Waals surface area contributed by atoms with Crippen molar-refractivity contribution >= 4 is 22.2 Å². The minimum Gasteiger partial charge on any atom is -0.492 e. The number of carbonyl (C=O) groups is 1. The third-order valence-electron chi connectivity index (χ3n) is 2.08. The third-order valence-corrected chi connectivity index (χ3v) is 2.78. The van der Waals surface area contributed by atoms with Gasteiger partial charge in [0.05, 0.1) is 26.4 Å². The minimum absolute atomic E-state index is 0.152. The average molecular weight is 290 g/mol. The van der Waals surface area contributed by atoms with E-state index in [2.05, 4.69) is 20.8 Å². The first-order valence-electron chi connectivity index (χ1n) is 4.39. The van der Waals surface area contributed by atoms with Crippen LogP contribution in [0.4, 0.5) is 0 Å². The normalized spacial score (nSPS) is 10.0. The van der Waals surface area contributed by atoms with Crippen molar-refractivity contribution < 1.29 is 19.1 Å². The number of hydrogen-bond acceptors (Lipinski definition) is 5. The third kappa shape index (κ3) is 2.34. The summed E-state index contributed by atoms with van der Waals surface area (Å²) < 4.78 is 11.0. The van der Waals surface area contributed by atoms with Crippen molar-refractivity contribution in [1.82, 2.24) is 0 Å². The summed E-state index contributed by atoms with van der Waals surface area (Å²) in [5, 5.41) is 0. The van der Waals surface area contributed by atoms with Gasteiger partial charge < -0.3 is 9.47 Å². The number of methoxy groups -OCH3 is 2. The molecule has 88 valence electrons. The van der Waals surface area contributed by atoms with Crippen molar-refractivity contribution in [3.63, 3.8) is 0 Å². The van der Waals surface area contributed by atoms with Gasteiger partial charge in [0.2, 0.25) is 0 Å². The van der Waals surface area contributed by atoms with E-state index in [1.165, 1.54) is 14.2 Å². The summed E-state index contributed by atoms with van der Waals surface area (Å²) in [5.41, 5.74) is 1.08. The van der Waals surface area contributed by atoms with E-state index in [0.29, 0.717) is 33.4 Å². The quantitative estimate of drug-likeness (QED) is 0.659. The highest BCUT2D eigenvalue weighted by Gasteiger charge is 2.18. The summed E-state index contributed by atoms with van der Waals surface area (Å²) in [6.07, 6.45) is 0.694. The predicted molar refractivity (Wildman–Crippen MR) is 61.6 cm³/mol. The first-order chi connectivity index (χ1) is 7.69. The number of carbonyl (C=O) groups excluding carboxylic acids is 1. The van der Waals surface area contributed by atoms with Crippen LogP contribution in [0.1, 0.15) is 15.9 Å². The maximum atomic E-state index is 10.9. The van der Waals surface area contributed by atoms with Crippen LogP contribution in [0.3, 0.4) is 0 Å². The molecule has 0 aliphatic carbocycles. The molecule has 6 heteroatoms. The molecule has 1 aromatic carbocycles. The molecular weight excluding hydrogens is 278 g/mol. The summed E-state index contributed by atoms with van der Waals surface area (Å²) >= 11 is 3.31. The summed E-state index contributed by atoms with van der Waals surface area (Å²) in [6, 6.07) is 1.63. The topological polar surface area (TPSA) is 70.8 Å². The molecule has 0 aliphatic heterocycles. The summed E-state index contributed by atoms with van der Waals surface area (Å²) in [4.78, 5) is 15.4. The first kappa shape index (κ1) is 13.0. The SMILES string of the molecule is COc1c(C=O)cc(Br)c(CON)c1OC. The van der Waals surface area contributed by atoms with Crippen LogP contribution in [-0.4, -0.2) is 20.5 Å². The number of ether oxygens (including phenoxy) is 2. The van der Waals surface area contributed by atoms with E-state index >= 15 is 0 Å². The van der Waals surface area contributed by atoms with Gasteiger partial charge in [-0.3, -0.25) is 9.63 Å². The lowest BCUT2D eigenvalue weighted by atomic mass is 10.1. The molecule has 1 aromatic rings. The minimum atomic E-state index is 0.152. The molecule has 0 heterocycles. The molecule has 0 saturated carbocycles. The first-order valence-corrected chi connectivity index (χ1v) is 5.19. The van der Waals surface area contributed by atoms with Crippen LogP contribution in [0.2, 0.25) is 0 Å². The summed E-state index contributed by atoms with van der Waals surface area (Å²) in [5.74, 6) is 5.83. The van der Waals surface area contributed by atoms with E-state index in [9.17, 15) is 4.79 Å². The highest BCUT2D eigenvalue weighted by molar-refractivity contribution is 9.10. The van der Waals surface area contributed by atoms with Gasteiger partial charge in [-0.1, -0.05) is 15.9 Å². The highest BCUT2D eigenvalue weighted by Crippen LogP contribution is 2.39. The van der Waals surface area contributed by atoms with E-state index in [1.54, 1.807) is 6.07 Å². The van der Waals surface area contributed by atoms with Gasteiger partial charge >= 0.3 is 0 Å². The van der Waals surface area contributed by atoms with Gasteiger partial charge in [0, 0.05) is 10.0 Å². The lowest BCUT2D eigenvalue weighted by Gasteiger charge is -2.15. The zero-order chi connectivity index (χ0) is 12.1. The fourth-order valence-corrected chi connectivity index (χ4v) is 1.94. The molecule has 0 aliphatic rings. The number of halogens is 1. The Morgan fingerprint density at radius 1 is 1.38 bits per heavy atom. The Balaban J connectivity index is 3.44. The second kappa shape index (κ2) is 5.83. The molecule has 0 bridgehead atoms. The van der Waals surface area contributed by atoms with Crippen LogP contribution < -0.4 is 15.4 Å². The highest BCUT2D eigenvalue weighted by atomic mass is 79.9. The van der Waals surface area contributed by atoms with E-state index in [0.717, 1.165) is 0 Å². The molecule has 0 atom stereocenters. The second-order valence-corrected chi connectivity index (χ2v) is 3.78. The fraction of sp³-hybridized carbons (Fsp3) is 0.300. The van der Waals surface area contributed by atoms with E-state index in [4.69, 9.17) is 15.4 Å². The predicted octanol–water partition coefficient (Wildman–Crippen LogP) is 1.67. The monoisotopic (exact) mass is 289 g/mol. The number of nitrogens with two attached hydrogens (primary N) is 1. The molecule has 0 aromatic heterocycles. The molecule has 2 N–H and O–H groups in total. The molecule has 1 rings (SSSR count). The van der Waals surface area contributed by atoms with E-state index in [-0.39, 0.29) is 6.61 Å². The van der Waals surface area contributed by atoms with Gasteiger partial charge in [-0.25, -0.2) is 5.90 Å².